The van der Waals surface area contributed by atoms with Crippen LogP contribution in [0.2, 0.25) is 0 Å². The maximum Gasteiger partial charge on any atom is 0.262 e. The Labute approximate surface area is 132 Å². The van der Waals surface area contributed by atoms with Gasteiger partial charge in [-0.1, -0.05) is 22.0 Å². The topological polar surface area (TPSA) is 64.3 Å². The molecule has 2 aromatic carbocycles. The Morgan fingerprint density at radius 3 is 2.67 bits per heavy atom. The standard InChI is InChI=1S/C16H17BrN2O2/c1-10-3-6-15(14(18)7-10)19-16(20)9-21-12-4-5-13(17)11(2)8-12/h3-8H,9,18H2,1-2H3,(H,19,20). The lowest BCUT2D eigenvalue weighted by Crippen LogP contribution is -2.20. The van der Waals surface area contributed by atoms with Crippen LogP contribution in [0.5, 0.6) is 5.75 Å². The Kier molecular flexibility index (Phi) is 4.85. The first-order valence-corrected chi connectivity index (χ1v) is 7.30. The Morgan fingerprint density at radius 1 is 1.24 bits per heavy atom. The summed E-state index contributed by atoms with van der Waals surface area (Å²) >= 11 is 3.42. The van der Waals surface area contributed by atoms with Crippen molar-refractivity contribution in [1.29, 1.82) is 0 Å². The molecule has 0 spiro atoms. The molecule has 0 aliphatic heterocycles. The molecule has 0 aliphatic rings. The van der Waals surface area contributed by atoms with Gasteiger partial charge in [-0.2, -0.15) is 0 Å². The first-order chi connectivity index (χ1) is 9.95. The second-order valence-corrected chi connectivity index (χ2v) is 5.69. The van der Waals surface area contributed by atoms with Gasteiger partial charge in [0.25, 0.3) is 5.91 Å². The van der Waals surface area contributed by atoms with E-state index >= 15 is 0 Å². The number of rotatable bonds is 4. The highest BCUT2D eigenvalue weighted by atomic mass is 79.9. The number of carbonyl (C=O) groups is 1. The van der Waals surface area contributed by atoms with Gasteiger partial charge >= 0.3 is 0 Å². The van der Waals surface area contributed by atoms with E-state index in [4.69, 9.17) is 10.5 Å². The zero-order chi connectivity index (χ0) is 15.4. The lowest BCUT2D eigenvalue weighted by molar-refractivity contribution is -0.118. The van der Waals surface area contributed by atoms with Crippen molar-refractivity contribution in [2.75, 3.05) is 17.7 Å². The first-order valence-electron chi connectivity index (χ1n) is 6.50. The molecule has 0 bridgehead atoms. The van der Waals surface area contributed by atoms with Crippen LogP contribution >= 0.6 is 15.9 Å². The molecule has 21 heavy (non-hydrogen) atoms. The smallest absolute Gasteiger partial charge is 0.262 e. The molecule has 0 aliphatic carbocycles. The SMILES string of the molecule is Cc1ccc(NC(=O)COc2ccc(Br)c(C)c2)c(N)c1. The fourth-order valence-electron chi connectivity index (χ4n) is 1.84. The summed E-state index contributed by atoms with van der Waals surface area (Å²) in [6.45, 7) is 3.85. The molecule has 0 radical (unpaired) electrons. The van der Waals surface area contributed by atoms with E-state index < -0.39 is 0 Å². The molecule has 0 saturated heterocycles. The molecule has 1 amide bonds. The third-order valence-corrected chi connectivity index (χ3v) is 3.87. The van der Waals surface area contributed by atoms with Crippen molar-refractivity contribution in [1.82, 2.24) is 0 Å². The monoisotopic (exact) mass is 348 g/mol. The van der Waals surface area contributed by atoms with E-state index in [-0.39, 0.29) is 12.5 Å². The Bertz CT molecular complexity index is 671. The van der Waals surface area contributed by atoms with Gasteiger partial charge in [0.05, 0.1) is 11.4 Å². The van der Waals surface area contributed by atoms with Crippen molar-refractivity contribution in [2.24, 2.45) is 0 Å². The highest BCUT2D eigenvalue weighted by Crippen LogP contribution is 2.22. The Balaban J connectivity index is 1.94. The van der Waals surface area contributed by atoms with E-state index in [9.17, 15) is 4.79 Å². The third-order valence-electron chi connectivity index (χ3n) is 2.98. The number of benzene rings is 2. The fourth-order valence-corrected chi connectivity index (χ4v) is 2.08. The van der Waals surface area contributed by atoms with Crippen molar-refractivity contribution in [3.63, 3.8) is 0 Å². The third kappa shape index (κ3) is 4.23. The van der Waals surface area contributed by atoms with Gasteiger partial charge in [0.15, 0.2) is 6.61 Å². The van der Waals surface area contributed by atoms with Crippen LogP contribution in [0.25, 0.3) is 0 Å². The number of nitrogens with one attached hydrogen (secondary N) is 1. The molecule has 0 aromatic heterocycles. The summed E-state index contributed by atoms with van der Waals surface area (Å²) in [5.74, 6) is 0.411. The molecule has 0 atom stereocenters. The van der Waals surface area contributed by atoms with Crippen molar-refractivity contribution in [3.05, 3.63) is 52.0 Å². The number of anilines is 2. The highest BCUT2D eigenvalue weighted by Gasteiger charge is 2.07. The lowest BCUT2D eigenvalue weighted by atomic mass is 10.2. The summed E-state index contributed by atoms with van der Waals surface area (Å²) in [6.07, 6.45) is 0. The second-order valence-electron chi connectivity index (χ2n) is 4.84. The quantitative estimate of drug-likeness (QED) is 0.828. The molecule has 0 unspecified atom stereocenters. The number of nitrogens with two attached hydrogens (primary N) is 1. The minimum atomic E-state index is -0.244. The van der Waals surface area contributed by atoms with Crippen LogP contribution in [0.15, 0.2) is 40.9 Å². The van der Waals surface area contributed by atoms with Crippen molar-refractivity contribution in [3.8, 4) is 5.75 Å². The summed E-state index contributed by atoms with van der Waals surface area (Å²) in [5, 5.41) is 2.74. The van der Waals surface area contributed by atoms with Crippen molar-refractivity contribution < 1.29 is 9.53 Å². The highest BCUT2D eigenvalue weighted by molar-refractivity contribution is 9.10. The van der Waals surface area contributed by atoms with Gasteiger partial charge in [-0.05, 0) is 55.3 Å². The number of carbonyl (C=O) groups excluding carboxylic acids is 1. The van der Waals surface area contributed by atoms with E-state index in [0.717, 1.165) is 15.6 Å². The molecule has 110 valence electrons. The lowest BCUT2D eigenvalue weighted by Gasteiger charge is -2.10. The number of aryl methyl sites for hydroxylation is 2. The molecule has 0 fully saturated rings. The van der Waals surface area contributed by atoms with Crippen LogP contribution in [0.4, 0.5) is 11.4 Å². The largest absolute Gasteiger partial charge is 0.484 e. The summed E-state index contributed by atoms with van der Waals surface area (Å²) in [5.41, 5.74) is 9.10. The Morgan fingerprint density at radius 2 is 2.00 bits per heavy atom. The second kappa shape index (κ2) is 6.63. The average molecular weight is 349 g/mol. The van der Waals surface area contributed by atoms with Gasteiger partial charge in [-0.25, -0.2) is 0 Å². The predicted octanol–water partition coefficient (Wildman–Crippen LogP) is 3.67. The number of nitrogen functional groups attached to an aromatic ring is 1. The van der Waals surface area contributed by atoms with E-state index in [1.54, 1.807) is 6.07 Å². The molecule has 0 saturated carbocycles. The molecule has 5 heteroatoms. The van der Waals surface area contributed by atoms with Crippen LogP contribution in [-0.4, -0.2) is 12.5 Å². The number of ether oxygens (including phenoxy) is 1. The zero-order valence-corrected chi connectivity index (χ0v) is 13.5. The number of amides is 1. The van der Waals surface area contributed by atoms with Gasteiger partial charge in [0.1, 0.15) is 5.75 Å². The van der Waals surface area contributed by atoms with Gasteiger partial charge in [0, 0.05) is 4.47 Å². The minimum Gasteiger partial charge on any atom is -0.484 e. The predicted molar refractivity (Wildman–Crippen MR) is 88.6 cm³/mol. The number of halogens is 1. The molecule has 3 N–H and O–H groups in total. The van der Waals surface area contributed by atoms with Crippen molar-refractivity contribution >= 4 is 33.2 Å². The molecule has 2 rings (SSSR count). The van der Waals surface area contributed by atoms with E-state index in [2.05, 4.69) is 21.2 Å². The molecule has 0 heterocycles. The molecular weight excluding hydrogens is 332 g/mol. The Hall–Kier alpha value is -2.01. The summed E-state index contributed by atoms with van der Waals surface area (Å²) in [4.78, 5) is 11.9. The molecule has 2 aromatic rings. The maximum absolute atomic E-state index is 11.9. The first kappa shape index (κ1) is 15.4. The van der Waals surface area contributed by atoms with Crippen LogP contribution in [0, 0.1) is 13.8 Å². The van der Waals surface area contributed by atoms with Gasteiger partial charge < -0.3 is 15.8 Å². The van der Waals surface area contributed by atoms with Crippen LogP contribution in [-0.2, 0) is 4.79 Å². The fraction of sp³-hybridized carbons (Fsp3) is 0.188. The van der Waals surface area contributed by atoms with E-state index in [1.807, 2.05) is 44.2 Å². The van der Waals surface area contributed by atoms with Crippen LogP contribution in [0.3, 0.4) is 0 Å². The average Bonchev–Trinajstić information content (AvgIpc) is 2.43. The van der Waals surface area contributed by atoms with E-state index in [0.29, 0.717) is 17.1 Å². The summed E-state index contributed by atoms with van der Waals surface area (Å²) < 4.78 is 6.47. The van der Waals surface area contributed by atoms with Crippen LogP contribution < -0.4 is 15.8 Å². The summed E-state index contributed by atoms with van der Waals surface area (Å²) in [7, 11) is 0. The van der Waals surface area contributed by atoms with Crippen molar-refractivity contribution in [2.45, 2.75) is 13.8 Å². The normalized spacial score (nSPS) is 10.2. The van der Waals surface area contributed by atoms with Crippen LogP contribution in [0.1, 0.15) is 11.1 Å². The minimum absolute atomic E-state index is 0.0611. The zero-order valence-electron chi connectivity index (χ0n) is 11.9. The van der Waals surface area contributed by atoms with Gasteiger partial charge in [-0.3, -0.25) is 4.79 Å². The molecule has 4 nitrogen and oxygen atoms in total. The summed E-state index contributed by atoms with van der Waals surface area (Å²) in [6, 6.07) is 11.1. The molecular formula is C16H17BrN2O2. The van der Waals surface area contributed by atoms with Gasteiger partial charge in [0.2, 0.25) is 0 Å². The van der Waals surface area contributed by atoms with E-state index in [1.165, 1.54) is 0 Å². The van der Waals surface area contributed by atoms with Gasteiger partial charge in [-0.15, -0.1) is 0 Å². The maximum atomic E-state index is 11.9. The number of hydrogen-bond acceptors (Lipinski definition) is 3. The number of hydrogen-bond donors (Lipinski definition) is 2.